The number of ether oxygens (including phenoxy) is 2. The first-order valence-electron chi connectivity index (χ1n) is 6.84. The van der Waals surface area contributed by atoms with Crippen LogP contribution in [-0.4, -0.2) is 11.9 Å². The fourth-order valence-electron chi connectivity index (χ4n) is 3.09. The van der Waals surface area contributed by atoms with Crippen LogP contribution in [0.15, 0.2) is 24.3 Å². The summed E-state index contributed by atoms with van der Waals surface area (Å²) in [4.78, 5) is 0. The van der Waals surface area contributed by atoms with E-state index >= 15 is 0 Å². The number of benzene rings is 1. The maximum Gasteiger partial charge on any atom is 0.169 e. The Morgan fingerprint density at radius 3 is 2.61 bits per heavy atom. The number of hydrogen-bond donors (Lipinski definition) is 0. The molecule has 1 spiro atoms. The third kappa shape index (κ3) is 2.07. The van der Waals surface area contributed by atoms with E-state index in [0.717, 1.165) is 29.8 Å². The Bertz CT molecular complexity index is 426. The molecular weight excluding hydrogens is 248 g/mol. The van der Waals surface area contributed by atoms with E-state index in [1.807, 2.05) is 24.3 Å². The second-order valence-corrected chi connectivity index (χ2v) is 5.65. The number of hydrogen-bond acceptors (Lipinski definition) is 2. The molecule has 2 unspecified atom stereocenters. The van der Waals surface area contributed by atoms with Gasteiger partial charge in [-0.15, -0.1) is 0 Å². The van der Waals surface area contributed by atoms with E-state index in [0.29, 0.717) is 0 Å². The SMILES string of the molecule is CCC1OC2(CCCC2)OC1c1ccccc1Cl. The largest absolute Gasteiger partial charge is 0.344 e. The minimum Gasteiger partial charge on any atom is -0.344 e. The molecular formula is C15H19ClO2. The summed E-state index contributed by atoms with van der Waals surface area (Å²) in [5.41, 5.74) is 1.06. The second-order valence-electron chi connectivity index (χ2n) is 5.24. The van der Waals surface area contributed by atoms with Gasteiger partial charge in [0.1, 0.15) is 6.10 Å². The smallest absolute Gasteiger partial charge is 0.169 e. The summed E-state index contributed by atoms with van der Waals surface area (Å²) < 4.78 is 12.5. The maximum atomic E-state index is 6.29. The quantitative estimate of drug-likeness (QED) is 0.786. The van der Waals surface area contributed by atoms with Gasteiger partial charge in [0.15, 0.2) is 5.79 Å². The molecule has 1 aliphatic heterocycles. The Balaban J connectivity index is 1.89. The van der Waals surface area contributed by atoms with E-state index in [1.54, 1.807) is 0 Å². The van der Waals surface area contributed by atoms with Crippen LogP contribution in [0.4, 0.5) is 0 Å². The average Bonchev–Trinajstić information content (AvgIpc) is 2.98. The standard InChI is InChI=1S/C15H19ClO2/c1-2-13-14(11-7-3-4-8-12(11)16)18-15(17-13)9-5-6-10-15/h3-4,7-8,13-14H,2,5-6,9-10H2,1H3. The molecule has 0 bridgehead atoms. The van der Waals surface area contributed by atoms with E-state index in [4.69, 9.17) is 21.1 Å². The van der Waals surface area contributed by atoms with Crippen LogP contribution in [0.1, 0.15) is 50.7 Å². The van der Waals surface area contributed by atoms with Crippen molar-refractivity contribution in [1.82, 2.24) is 0 Å². The highest BCUT2D eigenvalue weighted by atomic mass is 35.5. The summed E-state index contributed by atoms with van der Waals surface area (Å²) >= 11 is 6.29. The zero-order valence-electron chi connectivity index (χ0n) is 10.7. The lowest BCUT2D eigenvalue weighted by molar-refractivity contribution is -0.170. The predicted molar refractivity (Wildman–Crippen MR) is 71.6 cm³/mol. The van der Waals surface area contributed by atoms with Gasteiger partial charge in [0.05, 0.1) is 6.10 Å². The van der Waals surface area contributed by atoms with Crippen LogP contribution in [0, 0.1) is 0 Å². The number of rotatable bonds is 2. The first-order chi connectivity index (χ1) is 8.74. The highest BCUT2D eigenvalue weighted by molar-refractivity contribution is 6.31. The fourth-order valence-corrected chi connectivity index (χ4v) is 3.33. The molecule has 2 atom stereocenters. The molecule has 2 nitrogen and oxygen atoms in total. The zero-order chi connectivity index (χ0) is 12.6. The molecule has 3 rings (SSSR count). The zero-order valence-corrected chi connectivity index (χ0v) is 11.5. The van der Waals surface area contributed by atoms with Gasteiger partial charge in [0, 0.05) is 23.4 Å². The van der Waals surface area contributed by atoms with Crippen LogP contribution < -0.4 is 0 Å². The topological polar surface area (TPSA) is 18.5 Å². The van der Waals surface area contributed by atoms with Gasteiger partial charge >= 0.3 is 0 Å². The lowest BCUT2D eigenvalue weighted by atomic mass is 10.0. The van der Waals surface area contributed by atoms with Crippen LogP contribution in [0.3, 0.4) is 0 Å². The third-order valence-corrected chi connectivity index (χ3v) is 4.37. The van der Waals surface area contributed by atoms with Gasteiger partial charge in [0.25, 0.3) is 0 Å². The normalized spacial score (nSPS) is 30.1. The van der Waals surface area contributed by atoms with Gasteiger partial charge in [-0.2, -0.15) is 0 Å². The molecule has 1 aromatic carbocycles. The average molecular weight is 267 g/mol. The van der Waals surface area contributed by atoms with Crippen molar-refractivity contribution < 1.29 is 9.47 Å². The van der Waals surface area contributed by atoms with Gasteiger partial charge in [-0.25, -0.2) is 0 Å². The molecule has 0 radical (unpaired) electrons. The van der Waals surface area contributed by atoms with Crippen molar-refractivity contribution in [2.45, 2.75) is 57.0 Å². The first kappa shape index (κ1) is 12.5. The molecule has 0 aromatic heterocycles. The van der Waals surface area contributed by atoms with Gasteiger partial charge in [0.2, 0.25) is 0 Å². The molecule has 2 fully saturated rings. The molecule has 0 amide bonds. The van der Waals surface area contributed by atoms with Crippen molar-refractivity contribution >= 4 is 11.6 Å². The summed E-state index contributed by atoms with van der Waals surface area (Å²) in [6.07, 6.45) is 5.51. The van der Waals surface area contributed by atoms with E-state index in [9.17, 15) is 0 Å². The van der Waals surface area contributed by atoms with Crippen LogP contribution in [-0.2, 0) is 9.47 Å². The van der Waals surface area contributed by atoms with Crippen molar-refractivity contribution in [2.75, 3.05) is 0 Å². The summed E-state index contributed by atoms with van der Waals surface area (Å²) in [6, 6.07) is 7.93. The monoisotopic (exact) mass is 266 g/mol. The molecule has 1 aliphatic carbocycles. The van der Waals surface area contributed by atoms with E-state index in [-0.39, 0.29) is 18.0 Å². The molecule has 0 N–H and O–H groups in total. The van der Waals surface area contributed by atoms with Crippen LogP contribution in [0.2, 0.25) is 5.02 Å². The first-order valence-corrected chi connectivity index (χ1v) is 7.22. The lowest BCUT2D eigenvalue weighted by Gasteiger charge is -2.22. The summed E-state index contributed by atoms with van der Waals surface area (Å²) in [6.45, 7) is 2.14. The van der Waals surface area contributed by atoms with Crippen LogP contribution >= 0.6 is 11.6 Å². The Labute approximate surface area is 113 Å². The van der Waals surface area contributed by atoms with E-state index in [1.165, 1.54) is 12.8 Å². The van der Waals surface area contributed by atoms with Gasteiger partial charge in [-0.1, -0.05) is 36.7 Å². The third-order valence-electron chi connectivity index (χ3n) is 4.03. The van der Waals surface area contributed by atoms with Crippen molar-refractivity contribution in [3.8, 4) is 0 Å². The summed E-state index contributed by atoms with van der Waals surface area (Å²) in [7, 11) is 0. The molecule has 1 aromatic rings. The second kappa shape index (κ2) is 4.84. The Morgan fingerprint density at radius 1 is 1.22 bits per heavy atom. The Hall–Kier alpha value is -0.570. The van der Waals surface area contributed by atoms with E-state index in [2.05, 4.69) is 6.92 Å². The predicted octanol–water partition coefficient (Wildman–Crippen LogP) is 4.48. The van der Waals surface area contributed by atoms with Crippen LogP contribution in [0.25, 0.3) is 0 Å². The minimum atomic E-state index is -0.329. The van der Waals surface area contributed by atoms with Gasteiger partial charge in [-0.3, -0.25) is 0 Å². The van der Waals surface area contributed by atoms with Crippen LogP contribution in [0.5, 0.6) is 0 Å². The molecule has 98 valence electrons. The summed E-state index contributed by atoms with van der Waals surface area (Å²) in [5.74, 6) is -0.329. The lowest BCUT2D eigenvalue weighted by Crippen LogP contribution is -2.26. The highest BCUT2D eigenvalue weighted by Gasteiger charge is 2.49. The molecule has 18 heavy (non-hydrogen) atoms. The molecule has 1 saturated heterocycles. The van der Waals surface area contributed by atoms with Crippen molar-refractivity contribution in [3.63, 3.8) is 0 Å². The van der Waals surface area contributed by atoms with Crippen molar-refractivity contribution in [1.29, 1.82) is 0 Å². The molecule has 2 aliphatic rings. The molecule has 3 heteroatoms. The van der Waals surface area contributed by atoms with Crippen molar-refractivity contribution in [2.24, 2.45) is 0 Å². The minimum absolute atomic E-state index is 0.0122. The fraction of sp³-hybridized carbons (Fsp3) is 0.600. The summed E-state index contributed by atoms with van der Waals surface area (Å²) in [5, 5.41) is 0.777. The van der Waals surface area contributed by atoms with E-state index < -0.39 is 0 Å². The highest BCUT2D eigenvalue weighted by Crippen LogP contribution is 2.48. The number of halogens is 1. The van der Waals surface area contributed by atoms with Gasteiger partial charge < -0.3 is 9.47 Å². The van der Waals surface area contributed by atoms with Gasteiger partial charge in [-0.05, 0) is 25.3 Å². The molecule has 1 heterocycles. The Kier molecular flexibility index (Phi) is 3.35. The maximum absolute atomic E-state index is 6.29. The molecule has 1 saturated carbocycles. The Morgan fingerprint density at radius 2 is 1.94 bits per heavy atom. The van der Waals surface area contributed by atoms with Crippen molar-refractivity contribution in [3.05, 3.63) is 34.9 Å².